The minimum absolute atomic E-state index is 0.197. The smallest absolute Gasteiger partial charge is 0.166 e. The third kappa shape index (κ3) is 1.81. The highest BCUT2D eigenvalue weighted by Gasteiger charge is 2.13. The van der Waals surface area contributed by atoms with E-state index in [9.17, 15) is 8.78 Å². The van der Waals surface area contributed by atoms with Crippen LogP contribution in [0.1, 0.15) is 5.56 Å². The van der Waals surface area contributed by atoms with Crippen LogP contribution in [0, 0.1) is 18.6 Å². The maximum absolute atomic E-state index is 13.6. The molecule has 0 aromatic heterocycles. The molecule has 0 spiro atoms. The minimum Gasteiger partial charge on any atom is -0.204 e. The number of hydrogen-bond donors (Lipinski definition) is 0. The van der Waals surface area contributed by atoms with Crippen LogP contribution in [-0.4, -0.2) is 0 Å². The lowest BCUT2D eigenvalue weighted by molar-refractivity contribution is 0.511. The number of hydrogen-bond acceptors (Lipinski definition) is 0. The van der Waals surface area contributed by atoms with Gasteiger partial charge in [-0.05, 0) is 24.6 Å². The van der Waals surface area contributed by atoms with E-state index >= 15 is 0 Å². The predicted molar refractivity (Wildman–Crippen MR) is 61.5 cm³/mol. The Labute approximate surface area is 97.5 Å². The summed E-state index contributed by atoms with van der Waals surface area (Å²) in [5.41, 5.74) is 1.56. The summed E-state index contributed by atoms with van der Waals surface area (Å²) in [6.45, 7) is 1.81. The average Bonchev–Trinajstić information content (AvgIpc) is 2.24. The van der Waals surface area contributed by atoms with Crippen molar-refractivity contribution in [3.8, 4) is 11.1 Å². The van der Waals surface area contributed by atoms with E-state index in [4.69, 9.17) is 11.6 Å². The van der Waals surface area contributed by atoms with Crippen LogP contribution in [0.3, 0.4) is 0 Å². The number of aryl methyl sites for hydroxylation is 1. The van der Waals surface area contributed by atoms with Gasteiger partial charge in [0.15, 0.2) is 11.6 Å². The molecule has 2 aromatic rings. The molecule has 0 amide bonds. The summed E-state index contributed by atoms with van der Waals surface area (Å²) in [4.78, 5) is 0. The number of rotatable bonds is 1. The van der Waals surface area contributed by atoms with Crippen LogP contribution in [0.15, 0.2) is 36.4 Å². The average molecular weight is 239 g/mol. The van der Waals surface area contributed by atoms with Gasteiger partial charge in [0.05, 0.1) is 0 Å². The Kier molecular flexibility index (Phi) is 2.92. The van der Waals surface area contributed by atoms with Gasteiger partial charge < -0.3 is 0 Å². The van der Waals surface area contributed by atoms with Gasteiger partial charge in [-0.3, -0.25) is 0 Å². The van der Waals surface area contributed by atoms with Gasteiger partial charge in [-0.2, -0.15) is 0 Å². The zero-order valence-corrected chi connectivity index (χ0v) is 9.35. The second-order valence-electron chi connectivity index (χ2n) is 3.53. The van der Waals surface area contributed by atoms with Gasteiger partial charge in [0.2, 0.25) is 0 Å². The largest absolute Gasteiger partial charge is 0.204 e. The zero-order chi connectivity index (χ0) is 11.7. The van der Waals surface area contributed by atoms with Crippen molar-refractivity contribution in [3.63, 3.8) is 0 Å². The lowest BCUT2D eigenvalue weighted by Gasteiger charge is -2.09. The van der Waals surface area contributed by atoms with Crippen molar-refractivity contribution in [1.82, 2.24) is 0 Å². The summed E-state index contributed by atoms with van der Waals surface area (Å²) >= 11 is 6.00. The molecular formula is C13H9ClF2. The Morgan fingerprint density at radius 3 is 2.38 bits per heavy atom. The first-order valence-corrected chi connectivity index (χ1v) is 5.18. The Balaban J connectivity index is 2.73. The van der Waals surface area contributed by atoms with E-state index in [1.54, 1.807) is 12.1 Å². The molecule has 0 aliphatic rings. The van der Waals surface area contributed by atoms with Crippen LogP contribution >= 0.6 is 11.6 Å². The van der Waals surface area contributed by atoms with Gasteiger partial charge in [0.1, 0.15) is 0 Å². The lowest BCUT2D eigenvalue weighted by atomic mass is 10.00. The summed E-state index contributed by atoms with van der Waals surface area (Å²) in [6.07, 6.45) is 0. The zero-order valence-electron chi connectivity index (χ0n) is 8.60. The van der Waals surface area contributed by atoms with Crippen molar-refractivity contribution in [2.24, 2.45) is 0 Å². The molecule has 0 saturated carbocycles. The molecule has 82 valence electrons. The van der Waals surface area contributed by atoms with Crippen LogP contribution in [-0.2, 0) is 0 Å². The number of benzene rings is 2. The molecule has 0 aliphatic carbocycles. The van der Waals surface area contributed by atoms with Gasteiger partial charge in [-0.15, -0.1) is 0 Å². The molecule has 0 fully saturated rings. The maximum Gasteiger partial charge on any atom is 0.166 e. The third-order valence-electron chi connectivity index (χ3n) is 2.44. The first-order valence-electron chi connectivity index (χ1n) is 4.80. The van der Waals surface area contributed by atoms with Gasteiger partial charge in [0.25, 0.3) is 0 Å². The Morgan fingerprint density at radius 2 is 1.69 bits per heavy atom. The quantitative estimate of drug-likeness (QED) is 0.682. The second kappa shape index (κ2) is 4.22. The summed E-state index contributed by atoms with van der Waals surface area (Å²) in [7, 11) is 0. The summed E-state index contributed by atoms with van der Waals surface area (Å²) in [6, 6.07) is 9.33. The van der Waals surface area contributed by atoms with E-state index < -0.39 is 11.6 Å². The fourth-order valence-electron chi connectivity index (χ4n) is 1.67. The standard InChI is InChI=1S/C13H9ClF2/c1-8-4-2-6-10(14)12(8)9-5-3-7-11(15)13(9)16/h2-7H,1H3. The molecule has 2 aromatic carbocycles. The van der Waals surface area contributed by atoms with Crippen molar-refractivity contribution in [2.75, 3.05) is 0 Å². The SMILES string of the molecule is Cc1cccc(Cl)c1-c1cccc(F)c1F. The highest BCUT2D eigenvalue weighted by Crippen LogP contribution is 2.33. The molecule has 0 heterocycles. The van der Waals surface area contributed by atoms with E-state index in [0.29, 0.717) is 10.6 Å². The van der Waals surface area contributed by atoms with Gasteiger partial charge in [-0.1, -0.05) is 35.9 Å². The fourth-order valence-corrected chi connectivity index (χ4v) is 1.99. The summed E-state index contributed by atoms with van der Waals surface area (Å²) in [5, 5.41) is 0.421. The highest BCUT2D eigenvalue weighted by atomic mass is 35.5. The van der Waals surface area contributed by atoms with Crippen LogP contribution < -0.4 is 0 Å². The minimum atomic E-state index is -0.864. The van der Waals surface area contributed by atoms with Gasteiger partial charge in [-0.25, -0.2) is 8.78 Å². The van der Waals surface area contributed by atoms with E-state index in [-0.39, 0.29) is 5.56 Å². The van der Waals surface area contributed by atoms with E-state index in [0.717, 1.165) is 11.6 Å². The topological polar surface area (TPSA) is 0 Å². The predicted octanol–water partition coefficient (Wildman–Crippen LogP) is 4.59. The molecule has 16 heavy (non-hydrogen) atoms. The molecule has 0 nitrogen and oxygen atoms in total. The van der Waals surface area contributed by atoms with Crippen molar-refractivity contribution in [2.45, 2.75) is 6.92 Å². The molecule has 0 radical (unpaired) electrons. The van der Waals surface area contributed by atoms with Crippen molar-refractivity contribution in [3.05, 3.63) is 58.6 Å². The molecule has 2 rings (SSSR count). The van der Waals surface area contributed by atoms with Gasteiger partial charge in [0, 0.05) is 16.1 Å². The molecular weight excluding hydrogens is 230 g/mol. The molecule has 0 aliphatic heterocycles. The normalized spacial score (nSPS) is 10.5. The monoisotopic (exact) mass is 238 g/mol. The number of halogens is 3. The first-order chi connectivity index (χ1) is 7.61. The maximum atomic E-state index is 13.6. The van der Waals surface area contributed by atoms with Crippen molar-refractivity contribution >= 4 is 11.6 Å². The van der Waals surface area contributed by atoms with Gasteiger partial charge >= 0.3 is 0 Å². The molecule has 0 saturated heterocycles. The molecule has 0 atom stereocenters. The highest BCUT2D eigenvalue weighted by molar-refractivity contribution is 6.33. The van der Waals surface area contributed by atoms with E-state index in [1.165, 1.54) is 12.1 Å². The molecule has 3 heteroatoms. The Morgan fingerprint density at radius 1 is 1.00 bits per heavy atom. The lowest BCUT2D eigenvalue weighted by Crippen LogP contribution is -1.92. The van der Waals surface area contributed by atoms with E-state index in [1.807, 2.05) is 13.0 Å². The fraction of sp³-hybridized carbons (Fsp3) is 0.0769. The Bertz CT molecular complexity index is 515. The molecule has 0 bridgehead atoms. The van der Waals surface area contributed by atoms with Crippen molar-refractivity contribution in [1.29, 1.82) is 0 Å². The summed E-state index contributed by atoms with van der Waals surface area (Å²) < 4.78 is 26.7. The van der Waals surface area contributed by atoms with Crippen LogP contribution in [0.5, 0.6) is 0 Å². The second-order valence-corrected chi connectivity index (χ2v) is 3.94. The summed E-state index contributed by atoms with van der Waals surface area (Å²) in [5.74, 6) is -1.73. The van der Waals surface area contributed by atoms with E-state index in [2.05, 4.69) is 0 Å². The third-order valence-corrected chi connectivity index (χ3v) is 2.76. The molecule has 0 unspecified atom stereocenters. The Hall–Kier alpha value is -1.41. The molecule has 0 N–H and O–H groups in total. The van der Waals surface area contributed by atoms with Crippen molar-refractivity contribution < 1.29 is 8.78 Å². The first kappa shape index (κ1) is 11.1. The van der Waals surface area contributed by atoms with Crippen LogP contribution in [0.4, 0.5) is 8.78 Å². The van der Waals surface area contributed by atoms with Crippen LogP contribution in [0.2, 0.25) is 5.02 Å². The van der Waals surface area contributed by atoms with Crippen LogP contribution in [0.25, 0.3) is 11.1 Å².